The van der Waals surface area contributed by atoms with Crippen molar-refractivity contribution < 1.29 is 14.7 Å². The van der Waals surface area contributed by atoms with Gasteiger partial charge in [0.1, 0.15) is 14.1 Å². The topological polar surface area (TPSA) is 66.4 Å². The third-order valence-corrected chi connectivity index (χ3v) is 8.70. The van der Waals surface area contributed by atoms with E-state index in [1.807, 2.05) is 0 Å². The first-order valence-electron chi connectivity index (χ1n) is 7.08. The Morgan fingerprint density at radius 3 is 2.30 bits per heavy atom. The molecule has 4 nitrogen and oxygen atoms in total. The number of hydrogen-bond acceptors (Lipinski definition) is 2. The Hall–Kier alpha value is -1.28. The normalized spacial score (nSPS) is 16.9. The maximum absolute atomic E-state index is 11.6. The van der Waals surface area contributed by atoms with Gasteiger partial charge in [0.25, 0.3) is 0 Å². The van der Waals surface area contributed by atoms with Crippen molar-refractivity contribution in [1.29, 1.82) is 0 Å². The molecule has 0 aromatic carbocycles. The van der Waals surface area contributed by atoms with E-state index in [4.69, 9.17) is 5.11 Å². The quantitative estimate of drug-likeness (QED) is 0.618. The smallest absolute Gasteiger partial charge is 0.327 e. The van der Waals surface area contributed by atoms with Gasteiger partial charge in [-0.1, -0.05) is 33.9 Å². The average Bonchev–Trinajstić information content (AvgIpc) is 3.09. The van der Waals surface area contributed by atoms with Crippen LogP contribution < -0.4 is 5.32 Å². The highest BCUT2D eigenvalue weighted by atomic mass is 28.3. The van der Waals surface area contributed by atoms with Gasteiger partial charge in [-0.3, -0.25) is 4.79 Å². The number of amides is 1. The van der Waals surface area contributed by atoms with E-state index in [-0.39, 0.29) is 23.3 Å². The lowest BCUT2D eigenvalue weighted by molar-refractivity contribution is -0.141. The van der Waals surface area contributed by atoms with Gasteiger partial charge in [0.05, 0.1) is 0 Å². The summed E-state index contributed by atoms with van der Waals surface area (Å²) in [6, 6.07) is -0.889. The zero-order valence-corrected chi connectivity index (χ0v) is 14.0. The van der Waals surface area contributed by atoms with Crippen molar-refractivity contribution in [2.24, 2.45) is 5.92 Å². The molecule has 2 N–H and O–H groups in total. The molecule has 112 valence electrons. The van der Waals surface area contributed by atoms with Crippen LogP contribution in [0.15, 0.2) is 0 Å². The zero-order chi connectivity index (χ0) is 15.6. The number of carbonyl (C=O) groups excluding carboxylic acids is 1. The van der Waals surface area contributed by atoms with E-state index in [0.29, 0.717) is 0 Å². The number of aliphatic carboxylic acids is 1. The van der Waals surface area contributed by atoms with Gasteiger partial charge in [-0.05, 0) is 17.9 Å². The van der Waals surface area contributed by atoms with Gasteiger partial charge in [0.15, 0.2) is 0 Å². The Morgan fingerprint density at radius 2 is 1.90 bits per heavy atom. The highest BCUT2D eigenvalue weighted by molar-refractivity contribution is 6.87. The van der Waals surface area contributed by atoms with Crippen molar-refractivity contribution in [1.82, 2.24) is 5.32 Å². The van der Waals surface area contributed by atoms with Crippen LogP contribution in [-0.4, -0.2) is 31.1 Å². The fourth-order valence-electron chi connectivity index (χ4n) is 1.40. The highest BCUT2D eigenvalue weighted by Crippen LogP contribution is 2.35. The van der Waals surface area contributed by atoms with Crippen LogP contribution in [0.25, 0.3) is 0 Å². The molecular weight excluding hydrogens is 270 g/mol. The summed E-state index contributed by atoms with van der Waals surface area (Å²) in [4.78, 5) is 22.8. The molecule has 0 aromatic heterocycles. The average molecular weight is 295 g/mol. The summed E-state index contributed by atoms with van der Waals surface area (Å²) in [6.45, 7) is 10.9. The first kappa shape index (κ1) is 16.8. The standard InChI is InChI=1S/C15H25NO3Si/c1-15(2,3)20(4,5)10-6-7-12(14(18)19)16-13(17)11-8-9-11/h11-12H,7-9H2,1-5H3,(H,16,17)(H,18,19)/t12-/m1/s1. The largest absolute Gasteiger partial charge is 0.480 e. The van der Waals surface area contributed by atoms with Crippen LogP contribution in [0.2, 0.25) is 18.1 Å². The van der Waals surface area contributed by atoms with Crippen LogP contribution in [0.5, 0.6) is 0 Å². The second-order valence-corrected chi connectivity index (χ2v) is 12.1. The highest BCUT2D eigenvalue weighted by Gasteiger charge is 2.34. The molecule has 1 aliphatic carbocycles. The summed E-state index contributed by atoms with van der Waals surface area (Å²) in [7, 11) is -1.72. The molecule has 0 aliphatic heterocycles. The van der Waals surface area contributed by atoms with Crippen LogP contribution in [-0.2, 0) is 9.59 Å². The molecule has 0 radical (unpaired) electrons. The van der Waals surface area contributed by atoms with Crippen LogP contribution in [0.1, 0.15) is 40.0 Å². The van der Waals surface area contributed by atoms with Crippen molar-refractivity contribution in [3.63, 3.8) is 0 Å². The van der Waals surface area contributed by atoms with E-state index in [0.717, 1.165) is 12.8 Å². The molecule has 1 atom stereocenters. The Morgan fingerprint density at radius 1 is 1.35 bits per heavy atom. The van der Waals surface area contributed by atoms with E-state index in [1.54, 1.807) is 0 Å². The number of nitrogens with one attached hydrogen (secondary N) is 1. The third-order valence-electron chi connectivity index (χ3n) is 4.14. The molecule has 0 heterocycles. The number of hydrogen-bond donors (Lipinski definition) is 2. The van der Waals surface area contributed by atoms with E-state index in [9.17, 15) is 9.59 Å². The summed E-state index contributed by atoms with van der Waals surface area (Å²) in [5.74, 6) is 1.86. The minimum absolute atomic E-state index is 0.0187. The lowest BCUT2D eigenvalue weighted by atomic mass is 10.2. The van der Waals surface area contributed by atoms with Crippen LogP contribution in [0, 0.1) is 17.4 Å². The van der Waals surface area contributed by atoms with Crippen molar-refractivity contribution >= 4 is 20.0 Å². The number of carboxylic acids is 1. The molecule has 1 fully saturated rings. The van der Waals surface area contributed by atoms with Gasteiger partial charge in [0, 0.05) is 12.3 Å². The Labute approximate surface area is 122 Å². The Balaban J connectivity index is 2.64. The molecule has 0 unspecified atom stereocenters. The molecule has 0 saturated heterocycles. The predicted molar refractivity (Wildman–Crippen MR) is 81.9 cm³/mol. The van der Waals surface area contributed by atoms with Crippen molar-refractivity contribution in [2.75, 3.05) is 0 Å². The van der Waals surface area contributed by atoms with Crippen molar-refractivity contribution in [3.8, 4) is 11.5 Å². The first-order chi connectivity index (χ1) is 9.04. The number of rotatable bonds is 4. The monoisotopic (exact) mass is 295 g/mol. The van der Waals surface area contributed by atoms with E-state index in [2.05, 4.69) is 50.6 Å². The minimum atomic E-state index is -1.72. The molecular formula is C15H25NO3Si. The molecule has 0 aromatic rings. The van der Waals surface area contributed by atoms with Gasteiger partial charge in [-0.15, -0.1) is 11.5 Å². The van der Waals surface area contributed by atoms with Crippen LogP contribution in [0.4, 0.5) is 0 Å². The van der Waals surface area contributed by atoms with Crippen molar-refractivity contribution in [3.05, 3.63) is 0 Å². The molecule has 1 aliphatic rings. The summed E-state index contributed by atoms with van der Waals surface area (Å²) in [5.41, 5.74) is 3.28. The molecule has 0 bridgehead atoms. The maximum Gasteiger partial charge on any atom is 0.327 e. The second kappa shape index (κ2) is 6.00. The summed E-state index contributed by atoms with van der Waals surface area (Å²) in [5, 5.41) is 11.9. The molecule has 5 heteroatoms. The van der Waals surface area contributed by atoms with E-state index < -0.39 is 20.1 Å². The molecule has 0 spiro atoms. The first-order valence-corrected chi connectivity index (χ1v) is 10.1. The molecule has 1 rings (SSSR count). The lowest BCUT2D eigenvalue weighted by Gasteiger charge is -2.31. The summed E-state index contributed by atoms with van der Waals surface area (Å²) >= 11 is 0. The fraction of sp³-hybridized carbons (Fsp3) is 0.733. The number of carboxylic acid groups (broad SMARTS) is 1. The van der Waals surface area contributed by atoms with E-state index in [1.165, 1.54) is 0 Å². The predicted octanol–water partition coefficient (Wildman–Crippen LogP) is 2.41. The van der Waals surface area contributed by atoms with Gasteiger partial charge >= 0.3 is 5.97 Å². The summed E-state index contributed by atoms with van der Waals surface area (Å²) < 4.78 is 0. The van der Waals surface area contributed by atoms with Gasteiger partial charge < -0.3 is 10.4 Å². The SMILES string of the molecule is CC(C)(C)[Si](C)(C)C#CC[C@@H](NC(=O)C1CC1)C(=O)O. The Bertz CT molecular complexity index is 450. The van der Waals surface area contributed by atoms with Gasteiger partial charge in [-0.25, -0.2) is 4.79 Å². The lowest BCUT2D eigenvalue weighted by Crippen LogP contribution is -2.41. The number of carbonyl (C=O) groups is 2. The zero-order valence-electron chi connectivity index (χ0n) is 13.0. The van der Waals surface area contributed by atoms with Gasteiger partial charge in [-0.2, -0.15) is 0 Å². The fourth-order valence-corrected chi connectivity index (χ4v) is 2.32. The van der Waals surface area contributed by atoms with Crippen LogP contribution >= 0.6 is 0 Å². The van der Waals surface area contributed by atoms with E-state index >= 15 is 0 Å². The maximum atomic E-state index is 11.6. The molecule has 1 saturated carbocycles. The third kappa shape index (κ3) is 4.68. The molecule has 1 amide bonds. The molecule has 20 heavy (non-hydrogen) atoms. The van der Waals surface area contributed by atoms with Gasteiger partial charge in [0.2, 0.25) is 5.91 Å². The summed E-state index contributed by atoms with van der Waals surface area (Å²) in [6.07, 6.45) is 1.92. The Kier molecular flexibility index (Phi) is 5.03. The second-order valence-electron chi connectivity index (χ2n) is 7.05. The van der Waals surface area contributed by atoms with Crippen LogP contribution in [0.3, 0.4) is 0 Å². The van der Waals surface area contributed by atoms with Crippen molar-refractivity contribution in [2.45, 2.75) is 64.2 Å². The minimum Gasteiger partial charge on any atom is -0.480 e.